The Balaban J connectivity index is 2.59. The first-order valence-electron chi connectivity index (χ1n) is 6.14. The monoisotopic (exact) mass is 269 g/mol. The van der Waals surface area contributed by atoms with Crippen molar-refractivity contribution in [2.75, 3.05) is 6.61 Å². The molecule has 18 heavy (non-hydrogen) atoms. The van der Waals surface area contributed by atoms with Gasteiger partial charge >= 0.3 is 0 Å². The quantitative estimate of drug-likeness (QED) is 0.780. The highest BCUT2D eigenvalue weighted by atomic mass is 35.5. The Morgan fingerprint density at radius 2 is 1.94 bits per heavy atom. The lowest BCUT2D eigenvalue weighted by Crippen LogP contribution is -2.40. The summed E-state index contributed by atoms with van der Waals surface area (Å²) in [6.45, 7) is 4.02. The van der Waals surface area contributed by atoms with E-state index in [-0.39, 0.29) is 18.6 Å². The van der Waals surface area contributed by atoms with E-state index in [1.165, 1.54) is 0 Å². The molecular weight excluding hydrogens is 250 g/mol. The van der Waals surface area contributed by atoms with E-state index in [1.807, 2.05) is 44.2 Å². The molecule has 3 nitrogen and oxygen atoms in total. The summed E-state index contributed by atoms with van der Waals surface area (Å²) >= 11 is 6.10. The van der Waals surface area contributed by atoms with Gasteiger partial charge in [0.2, 0.25) is 5.91 Å². The van der Waals surface area contributed by atoms with Crippen LogP contribution in [0.2, 0.25) is 0 Å². The van der Waals surface area contributed by atoms with Crippen LogP contribution in [0.5, 0.6) is 0 Å². The maximum atomic E-state index is 11.9. The van der Waals surface area contributed by atoms with E-state index in [9.17, 15) is 9.90 Å². The molecule has 0 radical (unpaired) electrons. The van der Waals surface area contributed by atoms with Gasteiger partial charge in [0.1, 0.15) is 5.38 Å². The van der Waals surface area contributed by atoms with Gasteiger partial charge in [-0.2, -0.15) is 0 Å². The Hall–Kier alpha value is -1.06. The third-order valence-corrected chi connectivity index (χ3v) is 3.10. The first-order valence-corrected chi connectivity index (χ1v) is 6.58. The summed E-state index contributed by atoms with van der Waals surface area (Å²) in [6, 6.07) is 8.95. The summed E-state index contributed by atoms with van der Waals surface area (Å²) in [7, 11) is 0. The van der Waals surface area contributed by atoms with E-state index in [0.29, 0.717) is 5.92 Å². The summed E-state index contributed by atoms with van der Waals surface area (Å²) in [5.41, 5.74) is 0.762. The molecule has 2 unspecified atom stereocenters. The van der Waals surface area contributed by atoms with Crippen LogP contribution in [0, 0.1) is 5.92 Å². The van der Waals surface area contributed by atoms with Crippen molar-refractivity contribution in [1.29, 1.82) is 0 Å². The molecule has 0 aromatic heterocycles. The predicted molar refractivity (Wildman–Crippen MR) is 73.5 cm³/mol. The molecule has 0 aliphatic heterocycles. The van der Waals surface area contributed by atoms with Crippen LogP contribution in [0.15, 0.2) is 30.3 Å². The fraction of sp³-hybridized carbons (Fsp3) is 0.500. The highest BCUT2D eigenvalue weighted by molar-refractivity contribution is 6.30. The van der Waals surface area contributed by atoms with Crippen molar-refractivity contribution >= 4 is 17.5 Å². The molecule has 1 aromatic rings. The van der Waals surface area contributed by atoms with Gasteiger partial charge in [-0.15, -0.1) is 11.6 Å². The lowest BCUT2D eigenvalue weighted by molar-refractivity contribution is -0.122. The molecule has 0 spiro atoms. The molecule has 2 N–H and O–H groups in total. The number of hydrogen-bond acceptors (Lipinski definition) is 2. The second-order valence-electron chi connectivity index (χ2n) is 4.79. The zero-order valence-electron chi connectivity index (χ0n) is 10.8. The summed E-state index contributed by atoms with van der Waals surface area (Å²) in [4.78, 5) is 11.9. The Bertz CT molecular complexity index is 367. The Labute approximate surface area is 113 Å². The van der Waals surface area contributed by atoms with E-state index in [4.69, 9.17) is 11.6 Å². The fourth-order valence-corrected chi connectivity index (χ4v) is 2.00. The van der Waals surface area contributed by atoms with Gasteiger partial charge in [0, 0.05) is 0 Å². The van der Waals surface area contributed by atoms with E-state index in [1.54, 1.807) is 0 Å². The number of benzene rings is 1. The molecule has 0 fully saturated rings. The van der Waals surface area contributed by atoms with Crippen molar-refractivity contribution in [3.8, 4) is 0 Å². The lowest BCUT2D eigenvalue weighted by Gasteiger charge is -2.20. The van der Waals surface area contributed by atoms with Gasteiger partial charge in [0.25, 0.3) is 0 Å². The average molecular weight is 270 g/mol. The molecule has 2 atom stereocenters. The standard InChI is InChI=1S/C14H20ClNO2/c1-10(2)8-12(9-17)16-14(18)13(15)11-6-4-3-5-7-11/h3-7,10,12-13,17H,8-9H2,1-2H3,(H,16,18). The van der Waals surface area contributed by atoms with E-state index in [0.717, 1.165) is 12.0 Å². The molecule has 0 heterocycles. The summed E-state index contributed by atoms with van der Waals surface area (Å²) in [5.74, 6) is 0.149. The van der Waals surface area contributed by atoms with Gasteiger partial charge in [-0.1, -0.05) is 44.2 Å². The Morgan fingerprint density at radius 1 is 1.33 bits per heavy atom. The third-order valence-electron chi connectivity index (χ3n) is 2.65. The number of rotatable bonds is 6. The summed E-state index contributed by atoms with van der Waals surface area (Å²) < 4.78 is 0. The topological polar surface area (TPSA) is 49.3 Å². The van der Waals surface area contributed by atoms with Crippen molar-refractivity contribution < 1.29 is 9.90 Å². The predicted octanol–water partition coefficient (Wildman–Crippen LogP) is 2.49. The number of amides is 1. The normalized spacial score (nSPS) is 14.3. The molecule has 0 saturated heterocycles. The minimum absolute atomic E-state index is 0.0671. The summed E-state index contributed by atoms with van der Waals surface area (Å²) in [6.07, 6.45) is 0.737. The van der Waals surface area contributed by atoms with Gasteiger partial charge < -0.3 is 10.4 Å². The maximum Gasteiger partial charge on any atom is 0.242 e. The first kappa shape index (κ1) is 15.0. The maximum absolute atomic E-state index is 11.9. The fourth-order valence-electron chi connectivity index (χ4n) is 1.80. The molecule has 0 bridgehead atoms. The van der Waals surface area contributed by atoms with Crippen molar-refractivity contribution in [3.63, 3.8) is 0 Å². The number of carbonyl (C=O) groups excluding carboxylic acids is 1. The van der Waals surface area contributed by atoms with Crippen molar-refractivity contribution in [2.45, 2.75) is 31.7 Å². The lowest BCUT2D eigenvalue weighted by atomic mass is 10.0. The van der Waals surface area contributed by atoms with Crippen LogP contribution in [0.25, 0.3) is 0 Å². The highest BCUT2D eigenvalue weighted by Crippen LogP contribution is 2.20. The SMILES string of the molecule is CC(C)CC(CO)NC(=O)C(Cl)c1ccccc1. The van der Waals surface area contributed by atoms with Gasteiger partial charge in [-0.05, 0) is 17.9 Å². The molecular formula is C14H20ClNO2. The molecule has 0 aliphatic rings. The second kappa shape index (κ2) is 7.39. The smallest absolute Gasteiger partial charge is 0.242 e. The molecule has 1 rings (SSSR count). The van der Waals surface area contributed by atoms with E-state index < -0.39 is 5.38 Å². The summed E-state index contributed by atoms with van der Waals surface area (Å²) in [5, 5.41) is 11.3. The van der Waals surface area contributed by atoms with Crippen LogP contribution >= 0.6 is 11.6 Å². The second-order valence-corrected chi connectivity index (χ2v) is 5.23. The minimum atomic E-state index is -0.715. The first-order chi connectivity index (χ1) is 8.54. The van der Waals surface area contributed by atoms with Crippen LogP contribution in [0.1, 0.15) is 31.2 Å². The molecule has 1 aromatic carbocycles. The zero-order chi connectivity index (χ0) is 13.5. The number of halogens is 1. The number of nitrogens with one attached hydrogen (secondary N) is 1. The number of aliphatic hydroxyl groups excluding tert-OH is 1. The van der Waals surface area contributed by atoms with Crippen LogP contribution in [0.3, 0.4) is 0 Å². The van der Waals surface area contributed by atoms with Crippen LogP contribution in [0.4, 0.5) is 0 Å². The van der Waals surface area contributed by atoms with Crippen LogP contribution < -0.4 is 5.32 Å². The molecule has 100 valence electrons. The minimum Gasteiger partial charge on any atom is -0.394 e. The van der Waals surface area contributed by atoms with Crippen molar-refractivity contribution in [3.05, 3.63) is 35.9 Å². The zero-order valence-corrected chi connectivity index (χ0v) is 11.5. The van der Waals surface area contributed by atoms with Gasteiger partial charge in [0.05, 0.1) is 12.6 Å². The van der Waals surface area contributed by atoms with Gasteiger partial charge in [0.15, 0.2) is 0 Å². The number of alkyl halides is 1. The van der Waals surface area contributed by atoms with Gasteiger partial charge in [-0.25, -0.2) is 0 Å². The van der Waals surface area contributed by atoms with E-state index in [2.05, 4.69) is 5.32 Å². The molecule has 4 heteroatoms. The Kier molecular flexibility index (Phi) is 6.16. The number of carbonyl (C=O) groups is 1. The van der Waals surface area contributed by atoms with Crippen molar-refractivity contribution in [2.24, 2.45) is 5.92 Å². The van der Waals surface area contributed by atoms with Gasteiger partial charge in [-0.3, -0.25) is 4.79 Å². The number of hydrogen-bond donors (Lipinski definition) is 2. The number of aliphatic hydroxyl groups is 1. The highest BCUT2D eigenvalue weighted by Gasteiger charge is 2.20. The average Bonchev–Trinajstić information content (AvgIpc) is 2.37. The van der Waals surface area contributed by atoms with Crippen LogP contribution in [-0.2, 0) is 4.79 Å². The van der Waals surface area contributed by atoms with Crippen molar-refractivity contribution in [1.82, 2.24) is 5.32 Å². The van der Waals surface area contributed by atoms with E-state index >= 15 is 0 Å². The molecule has 0 aliphatic carbocycles. The molecule has 0 saturated carbocycles. The Morgan fingerprint density at radius 3 is 2.44 bits per heavy atom. The molecule has 1 amide bonds. The third kappa shape index (κ3) is 4.67. The van der Waals surface area contributed by atoms with Crippen LogP contribution in [-0.4, -0.2) is 23.7 Å². The largest absolute Gasteiger partial charge is 0.394 e.